The predicted molar refractivity (Wildman–Crippen MR) is 104 cm³/mol. The maximum Gasteiger partial charge on any atom is 0.366 e. The fourth-order valence-corrected chi connectivity index (χ4v) is 3.40. The number of imide groups is 1. The zero-order chi connectivity index (χ0) is 21.3. The van der Waals surface area contributed by atoms with Gasteiger partial charge in [-0.05, 0) is 30.3 Å². The smallest absolute Gasteiger partial charge is 0.366 e. The first-order valence-electron chi connectivity index (χ1n) is 8.34. The minimum atomic E-state index is -4.10. The molecule has 10 heteroatoms. The van der Waals surface area contributed by atoms with Crippen LogP contribution in [0.5, 0.6) is 0 Å². The first kappa shape index (κ1) is 20.2. The van der Waals surface area contributed by atoms with Gasteiger partial charge in [0, 0.05) is 13.6 Å². The van der Waals surface area contributed by atoms with E-state index in [4.69, 9.17) is 9.98 Å². The average molecular weight is 415 g/mol. The lowest BCUT2D eigenvalue weighted by Gasteiger charge is -2.21. The molecule has 3 rings (SSSR count). The molecule has 2 aromatic carbocycles. The van der Waals surface area contributed by atoms with Crippen LogP contribution in [0.25, 0.3) is 0 Å². The van der Waals surface area contributed by atoms with Crippen LogP contribution in [0.4, 0.5) is 5.69 Å². The summed E-state index contributed by atoms with van der Waals surface area (Å²) in [6.07, 6.45) is 1.58. The van der Waals surface area contributed by atoms with Crippen molar-refractivity contribution in [2.24, 2.45) is 5.14 Å². The van der Waals surface area contributed by atoms with Crippen LogP contribution in [0.2, 0.25) is 0 Å². The Balaban J connectivity index is 1.99. The van der Waals surface area contributed by atoms with Gasteiger partial charge in [-0.2, -0.15) is 0 Å². The number of amides is 2. The van der Waals surface area contributed by atoms with Gasteiger partial charge in [0.25, 0.3) is 11.8 Å². The van der Waals surface area contributed by atoms with Crippen molar-refractivity contribution in [2.75, 3.05) is 18.5 Å². The first-order chi connectivity index (χ1) is 13.6. The Morgan fingerprint density at radius 3 is 2.28 bits per heavy atom. The van der Waals surface area contributed by atoms with Crippen molar-refractivity contribution in [3.8, 4) is 0 Å². The third-order valence-electron chi connectivity index (χ3n) is 4.26. The van der Waals surface area contributed by atoms with Gasteiger partial charge < -0.3 is 9.74 Å². The molecule has 1 aliphatic heterocycles. The summed E-state index contributed by atoms with van der Waals surface area (Å²) in [7, 11) is -2.45. The fourth-order valence-electron chi connectivity index (χ4n) is 2.86. The van der Waals surface area contributed by atoms with Crippen LogP contribution >= 0.6 is 0 Å². The van der Waals surface area contributed by atoms with Crippen LogP contribution in [-0.2, 0) is 14.9 Å². The number of hydroxylamine groups is 2. The van der Waals surface area contributed by atoms with Crippen LogP contribution in [0.1, 0.15) is 31.1 Å². The third-order valence-corrected chi connectivity index (χ3v) is 5.17. The number of primary sulfonamides is 1. The SMILES string of the molecule is C=CCN(C)c1ccc(S(N)(=O)=O)cc1C(=O)ON1C(=O)c2ccccc2C1=O. The molecular formula is C19H17N3O6S. The normalized spacial score (nSPS) is 13.2. The molecule has 2 amide bonds. The van der Waals surface area contributed by atoms with Gasteiger partial charge in [-0.15, -0.1) is 6.58 Å². The molecular weight excluding hydrogens is 398 g/mol. The molecule has 0 atom stereocenters. The minimum Gasteiger partial charge on any atom is -0.370 e. The molecule has 9 nitrogen and oxygen atoms in total. The van der Waals surface area contributed by atoms with E-state index in [0.717, 1.165) is 6.07 Å². The summed E-state index contributed by atoms with van der Waals surface area (Å²) in [5, 5.41) is 5.50. The van der Waals surface area contributed by atoms with E-state index in [1.165, 1.54) is 24.3 Å². The quantitative estimate of drug-likeness (QED) is 0.557. The summed E-state index contributed by atoms with van der Waals surface area (Å²) in [4.78, 5) is 44.0. The highest BCUT2D eigenvalue weighted by molar-refractivity contribution is 7.89. The Labute approximate surface area is 167 Å². The standard InChI is InChI=1S/C19H17N3O6S/c1-3-10-21(2)16-9-8-12(29(20,26)27)11-15(16)19(25)28-22-17(23)13-6-4-5-7-14(13)18(22)24/h3-9,11H,1,10H2,2H3,(H2,20,26,27). The molecule has 1 aliphatic rings. The van der Waals surface area contributed by atoms with Crippen LogP contribution in [0.3, 0.4) is 0 Å². The molecule has 0 radical (unpaired) electrons. The zero-order valence-electron chi connectivity index (χ0n) is 15.4. The molecule has 1 heterocycles. The Morgan fingerprint density at radius 1 is 1.17 bits per heavy atom. The molecule has 0 aromatic heterocycles. The number of rotatable bonds is 6. The second kappa shape index (κ2) is 7.49. The van der Waals surface area contributed by atoms with Gasteiger partial charge in [0.15, 0.2) is 0 Å². The lowest BCUT2D eigenvalue weighted by atomic mass is 10.1. The number of nitrogens with two attached hydrogens (primary N) is 1. The second-order valence-electron chi connectivity index (χ2n) is 6.22. The van der Waals surface area contributed by atoms with E-state index in [0.29, 0.717) is 17.3 Å². The summed E-state index contributed by atoms with van der Waals surface area (Å²) in [6.45, 7) is 3.95. The van der Waals surface area contributed by atoms with Gasteiger partial charge in [0.1, 0.15) is 0 Å². The third kappa shape index (κ3) is 3.75. The van der Waals surface area contributed by atoms with Gasteiger partial charge in [-0.25, -0.2) is 18.4 Å². The minimum absolute atomic E-state index is 0.104. The monoisotopic (exact) mass is 415 g/mol. The fraction of sp³-hybridized carbons (Fsp3) is 0.105. The Hall–Kier alpha value is -3.50. The Morgan fingerprint density at radius 2 is 1.76 bits per heavy atom. The van der Waals surface area contributed by atoms with E-state index in [9.17, 15) is 22.8 Å². The number of nitrogens with zero attached hydrogens (tertiary/aromatic N) is 2. The number of hydrogen-bond acceptors (Lipinski definition) is 7. The molecule has 2 N–H and O–H groups in total. The number of sulfonamides is 1. The van der Waals surface area contributed by atoms with Gasteiger partial charge >= 0.3 is 5.97 Å². The highest BCUT2D eigenvalue weighted by Gasteiger charge is 2.39. The molecule has 2 aromatic rings. The first-order valence-corrected chi connectivity index (χ1v) is 9.88. The summed E-state index contributed by atoms with van der Waals surface area (Å²) in [5.41, 5.74) is 0.330. The summed E-state index contributed by atoms with van der Waals surface area (Å²) < 4.78 is 23.4. The van der Waals surface area contributed by atoms with Gasteiger partial charge in [0.05, 0.1) is 27.3 Å². The maximum absolute atomic E-state index is 12.8. The van der Waals surface area contributed by atoms with Crippen LogP contribution in [0, 0.1) is 0 Å². The van der Waals surface area contributed by atoms with Gasteiger partial charge in [0.2, 0.25) is 10.0 Å². The van der Waals surface area contributed by atoms with E-state index in [1.807, 2.05) is 0 Å². The molecule has 0 saturated carbocycles. The van der Waals surface area contributed by atoms with E-state index in [1.54, 1.807) is 30.2 Å². The summed E-state index contributed by atoms with van der Waals surface area (Å²) in [5.74, 6) is -2.67. The van der Waals surface area contributed by atoms with Crippen molar-refractivity contribution in [1.29, 1.82) is 0 Å². The number of hydrogen-bond donors (Lipinski definition) is 1. The van der Waals surface area contributed by atoms with Crippen molar-refractivity contribution < 1.29 is 27.6 Å². The zero-order valence-corrected chi connectivity index (χ0v) is 16.2. The largest absolute Gasteiger partial charge is 0.370 e. The van der Waals surface area contributed by atoms with E-state index in [2.05, 4.69) is 6.58 Å². The second-order valence-corrected chi connectivity index (χ2v) is 7.78. The van der Waals surface area contributed by atoms with Crippen LogP contribution < -0.4 is 10.0 Å². The Bertz CT molecular complexity index is 1110. The van der Waals surface area contributed by atoms with Crippen molar-refractivity contribution >= 4 is 33.5 Å². The van der Waals surface area contributed by atoms with E-state index in [-0.39, 0.29) is 21.6 Å². The van der Waals surface area contributed by atoms with Gasteiger partial charge in [-0.3, -0.25) is 9.59 Å². The molecule has 0 saturated heterocycles. The topological polar surface area (TPSA) is 127 Å². The van der Waals surface area contributed by atoms with Crippen LogP contribution in [0.15, 0.2) is 60.0 Å². The highest BCUT2D eigenvalue weighted by atomic mass is 32.2. The molecule has 0 fully saturated rings. The molecule has 0 unspecified atom stereocenters. The molecule has 0 bridgehead atoms. The number of benzene rings is 2. The average Bonchev–Trinajstić information content (AvgIpc) is 2.92. The Kier molecular flexibility index (Phi) is 5.23. The number of carbonyl (C=O) groups is 3. The summed E-state index contributed by atoms with van der Waals surface area (Å²) >= 11 is 0. The number of anilines is 1. The lowest BCUT2D eigenvalue weighted by molar-refractivity contribution is -0.0584. The molecule has 0 aliphatic carbocycles. The van der Waals surface area contributed by atoms with E-state index < -0.39 is 27.8 Å². The lowest BCUT2D eigenvalue weighted by Crippen LogP contribution is -2.33. The molecule has 150 valence electrons. The predicted octanol–water partition coefficient (Wildman–Crippen LogP) is 1.32. The highest BCUT2D eigenvalue weighted by Crippen LogP contribution is 2.27. The van der Waals surface area contributed by atoms with Crippen molar-refractivity contribution in [2.45, 2.75) is 4.90 Å². The number of fused-ring (bicyclic) bond motifs is 1. The number of likely N-dealkylation sites (N-methyl/N-ethyl adjacent to an activating group) is 1. The summed E-state index contributed by atoms with van der Waals surface area (Å²) in [6, 6.07) is 9.68. The molecule has 0 spiro atoms. The van der Waals surface area contributed by atoms with E-state index >= 15 is 0 Å². The van der Waals surface area contributed by atoms with Crippen LogP contribution in [-0.4, -0.2) is 44.9 Å². The van der Waals surface area contributed by atoms with Gasteiger partial charge in [-0.1, -0.05) is 23.3 Å². The van der Waals surface area contributed by atoms with Crippen molar-refractivity contribution in [3.63, 3.8) is 0 Å². The van der Waals surface area contributed by atoms with Crippen molar-refractivity contribution in [1.82, 2.24) is 5.06 Å². The maximum atomic E-state index is 12.8. The molecule has 29 heavy (non-hydrogen) atoms. The van der Waals surface area contributed by atoms with Crippen molar-refractivity contribution in [3.05, 3.63) is 71.8 Å². The number of carbonyl (C=O) groups excluding carboxylic acids is 3.